The van der Waals surface area contributed by atoms with Gasteiger partial charge in [0.15, 0.2) is 5.69 Å². The van der Waals surface area contributed by atoms with Crippen LogP contribution in [0.2, 0.25) is 0 Å². The monoisotopic (exact) mass is 520 g/mol. The molecule has 0 radical (unpaired) electrons. The summed E-state index contributed by atoms with van der Waals surface area (Å²) < 4.78 is 11.6. The lowest BCUT2D eigenvalue weighted by Gasteiger charge is -2.30. The predicted molar refractivity (Wildman–Crippen MR) is 149 cm³/mol. The smallest absolute Gasteiger partial charge is 0.316 e. The summed E-state index contributed by atoms with van der Waals surface area (Å²) in [5.41, 5.74) is 6.51. The first-order chi connectivity index (χ1) is 19.2. The molecule has 1 aliphatic carbocycles. The second-order valence-corrected chi connectivity index (χ2v) is 10.0. The Bertz CT molecular complexity index is 1540. The van der Waals surface area contributed by atoms with Crippen LogP contribution in [0.15, 0.2) is 77.4 Å². The number of benzene rings is 2. The van der Waals surface area contributed by atoms with E-state index in [1.54, 1.807) is 0 Å². The average molecular weight is 521 g/mol. The zero-order valence-electron chi connectivity index (χ0n) is 21.3. The first-order valence-corrected chi connectivity index (χ1v) is 13.3. The van der Waals surface area contributed by atoms with E-state index in [-0.39, 0.29) is 11.9 Å². The molecule has 7 rings (SSSR count). The Hall–Kier alpha value is -4.50. The Morgan fingerprint density at radius 3 is 2.59 bits per heavy atom. The highest BCUT2D eigenvalue weighted by Crippen LogP contribution is 2.42. The topological polar surface area (TPSA) is 105 Å². The van der Waals surface area contributed by atoms with E-state index in [9.17, 15) is 4.79 Å². The normalized spacial score (nSPS) is 19.1. The summed E-state index contributed by atoms with van der Waals surface area (Å²) in [4.78, 5) is 20.3. The van der Waals surface area contributed by atoms with E-state index in [0.717, 1.165) is 41.2 Å². The van der Waals surface area contributed by atoms with Crippen LogP contribution in [0.25, 0.3) is 17.2 Å². The molecule has 0 spiro atoms. The molecule has 1 saturated carbocycles. The van der Waals surface area contributed by atoms with E-state index in [4.69, 9.17) is 14.1 Å². The molecule has 4 heterocycles. The van der Waals surface area contributed by atoms with Gasteiger partial charge in [0.25, 0.3) is 11.8 Å². The summed E-state index contributed by atoms with van der Waals surface area (Å²) in [6.45, 7) is 2.88. The number of anilines is 3. The zero-order chi connectivity index (χ0) is 26.2. The highest BCUT2D eigenvalue weighted by molar-refractivity contribution is 6.05. The van der Waals surface area contributed by atoms with Crippen molar-refractivity contribution in [3.63, 3.8) is 0 Å². The number of hydrogen-bond donors (Lipinski definition) is 2. The van der Waals surface area contributed by atoms with E-state index in [2.05, 4.69) is 31.8 Å². The highest BCUT2D eigenvalue weighted by Gasteiger charge is 2.29. The fourth-order valence-electron chi connectivity index (χ4n) is 5.18. The number of hydrogen-bond acceptors (Lipinski definition) is 8. The molecule has 2 aromatic heterocycles. The third kappa shape index (κ3) is 4.77. The molecular formula is C30H28N6O3. The van der Waals surface area contributed by atoms with Crippen LogP contribution in [0, 0.1) is 0 Å². The SMILES string of the molecule is O=C1Nc2ccccc2C(c2ccccc2)=C[C@@H]1Nc1nnc(-c2ncc(C3CC3)cc2N2CCOCC2)o1. The van der Waals surface area contributed by atoms with Crippen LogP contribution < -0.4 is 15.5 Å². The van der Waals surface area contributed by atoms with E-state index < -0.39 is 6.04 Å². The van der Waals surface area contributed by atoms with Gasteiger partial charge in [-0.25, -0.2) is 4.98 Å². The molecule has 1 saturated heterocycles. The first kappa shape index (κ1) is 23.6. The zero-order valence-corrected chi connectivity index (χ0v) is 21.3. The molecule has 0 bridgehead atoms. The summed E-state index contributed by atoms with van der Waals surface area (Å²) in [5.74, 6) is 0.676. The molecule has 1 atom stereocenters. The number of morpholine rings is 1. The Morgan fingerprint density at radius 2 is 1.77 bits per heavy atom. The van der Waals surface area contributed by atoms with Gasteiger partial charge in [0.05, 0.1) is 18.9 Å². The van der Waals surface area contributed by atoms with Crippen molar-refractivity contribution in [2.24, 2.45) is 0 Å². The van der Waals surface area contributed by atoms with Crippen molar-refractivity contribution < 1.29 is 13.9 Å². The van der Waals surface area contributed by atoms with Crippen LogP contribution in [0.5, 0.6) is 0 Å². The van der Waals surface area contributed by atoms with E-state index >= 15 is 0 Å². The van der Waals surface area contributed by atoms with Crippen molar-refractivity contribution in [1.29, 1.82) is 0 Å². The molecule has 2 N–H and O–H groups in total. The molecule has 196 valence electrons. The quantitative estimate of drug-likeness (QED) is 0.377. The average Bonchev–Trinajstić information content (AvgIpc) is 3.76. The summed E-state index contributed by atoms with van der Waals surface area (Å²) >= 11 is 0. The third-order valence-electron chi connectivity index (χ3n) is 7.37. The van der Waals surface area contributed by atoms with E-state index in [1.807, 2.05) is 66.9 Å². The van der Waals surface area contributed by atoms with Crippen molar-refractivity contribution in [2.75, 3.05) is 41.8 Å². The minimum absolute atomic E-state index is 0.153. The molecular weight excluding hydrogens is 492 g/mol. The van der Waals surface area contributed by atoms with E-state index in [0.29, 0.717) is 30.7 Å². The molecule has 2 fully saturated rings. The van der Waals surface area contributed by atoms with Crippen molar-refractivity contribution in [3.05, 3.63) is 89.6 Å². The van der Waals surface area contributed by atoms with Gasteiger partial charge >= 0.3 is 6.01 Å². The molecule has 1 amide bonds. The Balaban J connectivity index is 1.21. The lowest BCUT2D eigenvalue weighted by atomic mass is 9.96. The minimum atomic E-state index is -0.732. The standard InChI is InChI=1S/C30H28N6O3/c37-28-25(17-23(20-6-2-1-3-7-20)22-8-4-5-9-24(22)32-28)33-30-35-34-29(39-30)27-26(36-12-14-38-15-13-36)16-21(18-31-27)19-10-11-19/h1-9,16-19,25H,10-15H2,(H,32,37)(H,33,35)/t25-/m0/s1. The summed E-state index contributed by atoms with van der Waals surface area (Å²) in [6, 6.07) is 19.4. The highest BCUT2D eigenvalue weighted by atomic mass is 16.5. The molecule has 0 unspecified atom stereocenters. The minimum Gasteiger partial charge on any atom is -0.402 e. The maximum atomic E-state index is 13.3. The fraction of sp³-hybridized carbons (Fsp3) is 0.267. The van der Waals surface area contributed by atoms with Gasteiger partial charge in [-0.3, -0.25) is 4.79 Å². The van der Waals surface area contributed by atoms with Gasteiger partial charge in [-0.2, -0.15) is 0 Å². The number of aromatic nitrogens is 3. The number of rotatable bonds is 6. The molecule has 2 aromatic carbocycles. The Morgan fingerprint density at radius 1 is 0.974 bits per heavy atom. The van der Waals surface area contributed by atoms with Gasteiger partial charge in [-0.05, 0) is 53.7 Å². The second-order valence-electron chi connectivity index (χ2n) is 10.0. The number of pyridine rings is 1. The number of ether oxygens (including phenoxy) is 1. The number of amides is 1. The number of nitrogens with zero attached hydrogens (tertiary/aromatic N) is 4. The van der Waals surface area contributed by atoms with Crippen molar-refractivity contribution >= 4 is 28.9 Å². The molecule has 3 aliphatic rings. The maximum absolute atomic E-state index is 13.3. The van der Waals surface area contributed by atoms with Gasteiger partial charge in [-0.1, -0.05) is 53.6 Å². The molecule has 9 heteroatoms. The number of fused-ring (bicyclic) bond motifs is 1. The molecule has 39 heavy (non-hydrogen) atoms. The third-order valence-corrected chi connectivity index (χ3v) is 7.37. The van der Waals surface area contributed by atoms with Crippen LogP contribution >= 0.6 is 0 Å². The Kier molecular flexibility index (Phi) is 6.05. The second kappa shape index (κ2) is 9.99. The van der Waals surface area contributed by atoms with Crippen LogP contribution in [0.4, 0.5) is 17.4 Å². The van der Waals surface area contributed by atoms with Crippen LogP contribution in [-0.2, 0) is 9.53 Å². The first-order valence-electron chi connectivity index (χ1n) is 13.3. The van der Waals surface area contributed by atoms with Gasteiger partial charge in [0, 0.05) is 30.5 Å². The molecule has 9 nitrogen and oxygen atoms in total. The van der Waals surface area contributed by atoms with Gasteiger partial charge < -0.3 is 24.7 Å². The number of carbonyl (C=O) groups is 1. The number of para-hydroxylation sites is 1. The summed E-state index contributed by atoms with van der Waals surface area (Å²) in [7, 11) is 0. The molecule has 2 aliphatic heterocycles. The molecule has 4 aromatic rings. The lowest BCUT2D eigenvalue weighted by Crippen LogP contribution is -2.36. The van der Waals surface area contributed by atoms with Crippen LogP contribution in [0.1, 0.15) is 35.4 Å². The van der Waals surface area contributed by atoms with Crippen molar-refractivity contribution in [3.8, 4) is 11.6 Å². The van der Waals surface area contributed by atoms with E-state index in [1.165, 1.54) is 18.4 Å². The van der Waals surface area contributed by atoms with Crippen LogP contribution in [-0.4, -0.2) is 53.4 Å². The number of nitrogens with one attached hydrogen (secondary N) is 2. The van der Waals surface area contributed by atoms with Gasteiger partial charge in [-0.15, -0.1) is 5.10 Å². The van der Waals surface area contributed by atoms with Crippen LogP contribution in [0.3, 0.4) is 0 Å². The lowest BCUT2D eigenvalue weighted by molar-refractivity contribution is -0.116. The number of carbonyl (C=O) groups excluding carboxylic acids is 1. The fourth-order valence-corrected chi connectivity index (χ4v) is 5.18. The van der Waals surface area contributed by atoms with Gasteiger partial charge in [0.1, 0.15) is 6.04 Å². The largest absolute Gasteiger partial charge is 0.402 e. The predicted octanol–water partition coefficient (Wildman–Crippen LogP) is 4.71. The summed E-state index contributed by atoms with van der Waals surface area (Å²) in [5, 5.41) is 14.7. The Labute approximate surface area is 225 Å². The summed E-state index contributed by atoms with van der Waals surface area (Å²) in [6.07, 6.45) is 6.22. The van der Waals surface area contributed by atoms with Crippen molar-refractivity contribution in [2.45, 2.75) is 24.8 Å². The van der Waals surface area contributed by atoms with Gasteiger partial charge in [0.2, 0.25) is 0 Å². The van der Waals surface area contributed by atoms with Crippen molar-refractivity contribution in [1.82, 2.24) is 15.2 Å². The maximum Gasteiger partial charge on any atom is 0.316 e.